The van der Waals surface area contributed by atoms with Crippen LogP contribution < -0.4 is 20.7 Å². The highest BCUT2D eigenvalue weighted by atomic mass is 35.5. The van der Waals surface area contributed by atoms with Gasteiger partial charge in [-0.3, -0.25) is 14.9 Å². The van der Waals surface area contributed by atoms with Gasteiger partial charge in [-0.25, -0.2) is 4.79 Å². The maximum Gasteiger partial charge on any atom is 0.322 e. The molecule has 2 aromatic carbocycles. The highest BCUT2D eigenvalue weighted by Gasteiger charge is 2.43. The normalized spacial score (nSPS) is 18.9. The molecule has 0 aliphatic carbocycles. The van der Waals surface area contributed by atoms with Gasteiger partial charge in [0.1, 0.15) is 11.3 Å². The Labute approximate surface area is 154 Å². The van der Waals surface area contributed by atoms with Crippen LogP contribution in [0.1, 0.15) is 22.8 Å². The van der Waals surface area contributed by atoms with E-state index in [4.69, 9.17) is 16.3 Å². The SMILES string of the molecule is COc1ccc(Cl)cc1C(=O)Nc1cccc(C2(C)NC(=O)NC2=O)c1. The Kier molecular flexibility index (Phi) is 4.56. The summed E-state index contributed by atoms with van der Waals surface area (Å²) in [5.41, 5.74) is 0.0795. The number of anilines is 1. The number of hydrogen-bond acceptors (Lipinski definition) is 4. The Morgan fingerprint density at radius 3 is 2.62 bits per heavy atom. The second-order valence-corrected chi connectivity index (χ2v) is 6.35. The summed E-state index contributed by atoms with van der Waals surface area (Å²) in [5, 5.41) is 7.94. The molecule has 0 spiro atoms. The number of halogens is 1. The van der Waals surface area contributed by atoms with Crippen molar-refractivity contribution in [1.82, 2.24) is 10.6 Å². The van der Waals surface area contributed by atoms with Crippen molar-refractivity contribution in [2.45, 2.75) is 12.5 Å². The largest absolute Gasteiger partial charge is 0.496 e. The molecule has 7 nitrogen and oxygen atoms in total. The van der Waals surface area contributed by atoms with E-state index in [1.165, 1.54) is 13.2 Å². The van der Waals surface area contributed by atoms with E-state index in [0.29, 0.717) is 22.0 Å². The third-order valence-corrected chi connectivity index (χ3v) is 4.38. The summed E-state index contributed by atoms with van der Waals surface area (Å²) in [6.07, 6.45) is 0. The lowest BCUT2D eigenvalue weighted by Crippen LogP contribution is -2.40. The fraction of sp³-hybridized carbons (Fsp3) is 0.167. The number of rotatable bonds is 4. The number of carbonyl (C=O) groups is 3. The molecule has 1 saturated heterocycles. The van der Waals surface area contributed by atoms with Gasteiger partial charge in [0.05, 0.1) is 12.7 Å². The predicted octanol–water partition coefficient (Wildman–Crippen LogP) is 2.66. The van der Waals surface area contributed by atoms with Gasteiger partial charge in [-0.1, -0.05) is 23.7 Å². The summed E-state index contributed by atoms with van der Waals surface area (Å²) < 4.78 is 5.19. The van der Waals surface area contributed by atoms with Gasteiger partial charge in [0, 0.05) is 10.7 Å². The van der Waals surface area contributed by atoms with Crippen LogP contribution in [0.15, 0.2) is 42.5 Å². The molecule has 0 saturated carbocycles. The van der Waals surface area contributed by atoms with E-state index in [1.54, 1.807) is 43.3 Å². The van der Waals surface area contributed by atoms with Crippen LogP contribution >= 0.6 is 11.6 Å². The minimum absolute atomic E-state index is 0.281. The molecule has 0 bridgehead atoms. The third-order valence-electron chi connectivity index (χ3n) is 4.15. The highest BCUT2D eigenvalue weighted by molar-refractivity contribution is 6.31. The zero-order valence-electron chi connectivity index (χ0n) is 14.1. The summed E-state index contributed by atoms with van der Waals surface area (Å²) in [6.45, 7) is 1.59. The van der Waals surface area contributed by atoms with Crippen molar-refractivity contribution in [3.63, 3.8) is 0 Å². The van der Waals surface area contributed by atoms with E-state index in [9.17, 15) is 14.4 Å². The molecule has 1 aliphatic rings. The van der Waals surface area contributed by atoms with E-state index in [2.05, 4.69) is 16.0 Å². The molecule has 1 aliphatic heterocycles. The third kappa shape index (κ3) is 3.21. The van der Waals surface area contributed by atoms with Crippen LogP contribution in [0.2, 0.25) is 5.02 Å². The summed E-state index contributed by atoms with van der Waals surface area (Å²) in [5.74, 6) is -0.480. The van der Waals surface area contributed by atoms with Gasteiger partial charge in [-0.15, -0.1) is 0 Å². The van der Waals surface area contributed by atoms with Gasteiger partial charge < -0.3 is 15.4 Å². The van der Waals surface area contributed by atoms with Crippen LogP contribution in [0.25, 0.3) is 0 Å². The van der Waals surface area contributed by atoms with E-state index < -0.39 is 23.4 Å². The van der Waals surface area contributed by atoms with Crippen molar-refractivity contribution in [2.75, 3.05) is 12.4 Å². The average molecular weight is 374 g/mol. The molecule has 0 radical (unpaired) electrons. The summed E-state index contributed by atoms with van der Waals surface area (Å²) in [6, 6.07) is 10.9. The van der Waals surface area contributed by atoms with Crippen molar-refractivity contribution < 1.29 is 19.1 Å². The van der Waals surface area contributed by atoms with Gasteiger partial charge in [-0.05, 0) is 42.8 Å². The molecule has 26 heavy (non-hydrogen) atoms. The average Bonchev–Trinajstić information content (AvgIpc) is 2.88. The molecule has 1 atom stereocenters. The quantitative estimate of drug-likeness (QED) is 0.718. The molecular weight excluding hydrogens is 358 g/mol. The summed E-state index contributed by atoms with van der Waals surface area (Å²) >= 11 is 5.96. The molecule has 4 amide bonds. The minimum atomic E-state index is -1.20. The van der Waals surface area contributed by atoms with Crippen molar-refractivity contribution in [2.24, 2.45) is 0 Å². The minimum Gasteiger partial charge on any atom is -0.496 e. The number of benzene rings is 2. The number of amides is 4. The maximum absolute atomic E-state index is 12.6. The number of hydrogen-bond donors (Lipinski definition) is 3. The fourth-order valence-corrected chi connectivity index (χ4v) is 2.88. The Morgan fingerprint density at radius 2 is 1.96 bits per heavy atom. The van der Waals surface area contributed by atoms with Crippen molar-refractivity contribution in [3.05, 3.63) is 58.6 Å². The zero-order valence-corrected chi connectivity index (χ0v) is 14.8. The first-order valence-corrected chi connectivity index (χ1v) is 8.10. The van der Waals surface area contributed by atoms with E-state index >= 15 is 0 Å². The molecule has 2 aromatic rings. The number of carbonyl (C=O) groups excluding carboxylic acids is 3. The second-order valence-electron chi connectivity index (χ2n) is 5.91. The lowest BCUT2D eigenvalue weighted by molar-refractivity contribution is -0.123. The maximum atomic E-state index is 12.6. The second kappa shape index (κ2) is 6.68. The Balaban J connectivity index is 1.88. The molecule has 1 fully saturated rings. The Bertz CT molecular complexity index is 915. The van der Waals surface area contributed by atoms with Crippen LogP contribution in [0.5, 0.6) is 5.75 Å². The molecule has 1 unspecified atom stereocenters. The van der Waals surface area contributed by atoms with Crippen LogP contribution in [0.3, 0.4) is 0 Å². The van der Waals surface area contributed by atoms with Gasteiger partial charge in [-0.2, -0.15) is 0 Å². The number of imide groups is 1. The molecular formula is C18H16ClN3O4. The van der Waals surface area contributed by atoms with Gasteiger partial charge in [0.2, 0.25) is 0 Å². The smallest absolute Gasteiger partial charge is 0.322 e. The zero-order chi connectivity index (χ0) is 18.9. The highest BCUT2D eigenvalue weighted by Crippen LogP contribution is 2.28. The summed E-state index contributed by atoms with van der Waals surface area (Å²) in [7, 11) is 1.46. The molecule has 3 rings (SSSR count). The lowest BCUT2D eigenvalue weighted by atomic mass is 9.92. The fourth-order valence-electron chi connectivity index (χ4n) is 2.71. The van der Waals surface area contributed by atoms with Gasteiger partial charge >= 0.3 is 6.03 Å². The number of methoxy groups -OCH3 is 1. The molecule has 3 N–H and O–H groups in total. The van der Waals surface area contributed by atoms with Crippen LogP contribution in [-0.2, 0) is 10.3 Å². The first kappa shape index (κ1) is 17.8. The number of ether oxygens (including phenoxy) is 1. The molecule has 8 heteroatoms. The van der Waals surface area contributed by atoms with Crippen LogP contribution in [0, 0.1) is 0 Å². The lowest BCUT2D eigenvalue weighted by Gasteiger charge is -2.21. The van der Waals surface area contributed by atoms with Crippen molar-refractivity contribution in [3.8, 4) is 5.75 Å². The van der Waals surface area contributed by atoms with Gasteiger partial charge in [0.25, 0.3) is 11.8 Å². The Hall–Kier alpha value is -3.06. The summed E-state index contributed by atoms with van der Waals surface area (Å²) in [4.78, 5) is 36.1. The monoisotopic (exact) mass is 373 g/mol. The van der Waals surface area contributed by atoms with Crippen molar-refractivity contribution in [1.29, 1.82) is 0 Å². The molecule has 1 heterocycles. The topological polar surface area (TPSA) is 96.5 Å². The van der Waals surface area contributed by atoms with Gasteiger partial charge in [0.15, 0.2) is 0 Å². The van der Waals surface area contributed by atoms with E-state index in [1.807, 2.05) is 0 Å². The standard InChI is InChI=1S/C18H16ClN3O4/c1-18(16(24)21-17(25)22-18)10-4-3-5-12(8-10)20-15(23)13-9-11(19)6-7-14(13)26-2/h3-9H,1-2H3,(H,20,23)(H2,21,22,24,25). The number of urea groups is 1. The van der Waals surface area contributed by atoms with E-state index in [-0.39, 0.29) is 5.56 Å². The molecule has 134 valence electrons. The van der Waals surface area contributed by atoms with Crippen LogP contribution in [0.4, 0.5) is 10.5 Å². The first-order valence-electron chi connectivity index (χ1n) is 7.72. The molecule has 0 aromatic heterocycles. The van der Waals surface area contributed by atoms with Crippen molar-refractivity contribution >= 4 is 35.1 Å². The number of nitrogens with one attached hydrogen (secondary N) is 3. The first-order chi connectivity index (χ1) is 12.3. The Morgan fingerprint density at radius 1 is 1.19 bits per heavy atom. The predicted molar refractivity (Wildman–Crippen MR) is 96.4 cm³/mol. The van der Waals surface area contributed by atoms with E-state index in [0.717, 1.165) is 0 Å². The van der Waals surface area contributed by atoms with Crippen LogP contribution in [-0.4, -0.2) is 25.0 Å².